The molecule has 0 bridgehead atoms. The maximum Gasteiger partial charge on any atom is 0.208 e. The summed E-state index contributed by atoms with van der Waals surface area (Å²) in [4.78, 5) is 12.0. The first-order chi connectivity index (χ1) is 18.6. The molecule has 2 aliphatic rings. The van der Waals surface area contributed by atoms with E-state index in [2.05, 4.69) is 38.8 Å². The second kappa shape index (κ2) is 11.1. The van der Waals surface area contributed by atoms with Crippen molar-refractivity contribution >= 4 is 50.0 Å². The van der Waals surface area contributed by atoms with Gasteiger partial charge in [0, 0.05) is 28.7 Å². The standard InChI is InChI=1S/C27H31Cl2N7O2S/c1-16-11-18(6-9-25(16)35-10-4-5-20(35)14-32-39(3,37)38)24-15-31-26-23(13-30)34-36(27(26)33-24)17(2)21-8-7-19(28)12-22(21)29/h6-8,12,15-17,20,25,32H,4-5,9-11,14H2,1-3H3/t16-,17?,20+,25+/m1/s1. The number of halogens is 2. The van der Waals surface area contributed by atoms with Crippen LogP contribution in [-0.2, 0) is 10.0 Å². The zero-order chi connectivity index (χ0) is 27.9. The maximum atomic E-state index is 11.6. The third-order valence-corrected chi connectivity index (χ3v) is 9.11. The molecule has 1 unspecified atom stereocenters. The Balaban J connectivity index is 1.42. The number of sulfonamides is 1. The number of rotatable bonds is 7. The van der Waals surface area contributed by atoms with E-state index >= 15 is 0 Å². The number of hydrogen-bond donors (Lipinski definition) is 1. The fourth-order valence-corrected chi connectivity index (χ4v) is 6.94. The number of nitriles is 1. The second-order valence-electron chi connectivity index (χ2n) is 10.5. The molecule has 4 atom stereocenters. The normalized spacial score (nSPS) is 23.1. The average molecular weight is 589 g/mol. The summed E-state index contributed by atoms with van der Waals surface area (Å²) in [6.07, 6.45) is 8.90. The van der Waals surface area contributed by atoms with E-state index in [9.17, 15) is 13.7 Å². The Hall–Kier alpha value is -2.55. The highest BCUT2D eigenvalue weighted by atomic mass is 35.5. The molecule has 39 heavy (non-hydrogen) atoms. The summed E-state index contributed by atoms with van der Waals surface area (Å²) in [5.74, 6) is 0.354. The molecule has 0 spiro atoms. The van der Waals surface area contributed by atoms with E-state index in [-0.39, 0.29) is 17.8 Å². The number of nitrogens with one attached hydrogen (secondary N) is 1. The quantitative estimate of drug-likeness (QED) is 0.421. The first-order valence-corrected chi connectivity index (χ1v) is 15.7. The van der Waals surface area contributed by atoms with Crippen LogP contribution < -0.4 is 4.72 Å². The van der Waals surface area contributed by atoms with Crippen LogP contribution in [0.5, 0.6) is 0 Å². The summed E-state index contributed by atoms with van der Waals surface area (Å²) in [5.41, 5.74) is 3.91. The fourth-order valence-electron chi connectivity index (χ4n) is 5.88. The molecule has 206 valence electrons. The Labute approximate surface area is 238 Å². The van der Waals surface area contributed by atoms with Crippen LogP contribution in [0.2, 0.25) is 10.0 Å². The minimum Gasteiger partial charge on any atom is -0.296 e. The number of nitrogens with zero attached hydrogens (tertiary/aromatic N) is 6. The van der Waals surface area contributed by atoms with Crippen LogP contribution >= 0.6 is 23.2 Å². The van der Waals surface area contributed by atoms with Gasteiger partial charge in [-0.1, -0.05) is 42.3 Å². The fraction of sp³-hybridized carbons (Fsp3) is 0.481. The van der Waals surface area contributed by atoms with Gasteiger partial charge in [0.2, 0.25) is 10.0 Å². The number of likely N-dealkylation sites (tertiary alicyclic amines) is 1. The molecule has 1 N–H and O–H groups in total. The zero-order valence-electron chi connectivity index (χ0n) is 22.1. The van der Waals surface area contributed by atoms with Crippen LogP contribution in [-0.4, -0.2) is 64.5 Å². The first kappa shape index (κ1) is 28.0. The first-order valence-electron chi connectivity index (χ1n) is 13.1. The maximum absolute atomic E-state index is 11.6. The lowest BCUT2D eigenvalue weighted by Crippen LogP contribution is -2.48. The monoisotopic (exact) mass is 587 g/mol. The Morgan fingerprint density at radius 1 is 1.31 bits per heavy atom. The molecule has 5 rings (SSSR count). The van der Waals surface area contributed by atoms with Crippen LogP contribution in [0.25, 0.3) is 16.7 Å². The molecule has 1 aliphatic heterocycles. The Bertz CT molecular complexity index is 1580. The molecular formula is C27H31Cl2N7O2S. The number of allylic oxidation sites excluding steroid dienone is 1. The summed E-state index contributed by atoms with van der Waals surface area (Å²) in [7, 11) is -3.22. The molecule has 3 aromatic rings. The predicted molar refractivity (Wildman–Crippen MR) is 153 cm³/mol. The molecular weight excluding hydrogens is 557 g/mol. The summed E-state index contributed by atoms with van der Waals surface area (Å²) in [5, 5.41) is 15.3. The second-order valence-corrected chi connectivity index (χ2v) is 13.2. The van der Waals surface area contributed by atoms with Gasteiger partial charge in [0.05, 0.1) is 24.2 Å². The van der Waals surface area contributed by atoms with Crippen molar-refractivity contribution in [3.05, 3.63) is 57.5 Å². The van der Waals surface area contributed by atoms with Gasteiger partial charge in [-0.2, -0.15) is 10.4 Å². The summed E-state index contributed by atoms with van der Waals surface area (Å²) >= 11 is 12.6. The number of fused-ring (bicyclic) bond motifs is 1. The molecule has 3 heterocycles. The highest BCUT2D eigenvalue weighted by Crippen LogP contribution is 2.37. The van der Waals surface area contributed by atoms with Gasteiger partial charge >= 0.3 is 0 Å². The molecule has 1 aromatic carbocycles. The van der Waals surface area contributed by atoms with Gasteiger partial charge in [0.1, 0.15) is 11.6 Å². The van der Waals surface area contributed by atoms with E-state index in [4.69, 9.17) is 28.2 Å². The lowest BCUT2D eigenvalue weighted by atomic mass is 9.83. The molecule has 9 nitrogen and oxygen atoms in total. The number of benzene rings is 1. The van der Waals surface area contributed by atoms with Crippen LogP contribution in [0.15, 0.2) is 30.5 Å². The van der Waals surface area contributed by atoms with Crippen molar-refractivity contribution in [2.24, 2.45) is 5.92 Å². The van der Waals surface area contributed by atoms with Crippen molar-refractivity contribution in [3.63, 3.8) is 0 Å². The predicted octanol–water partition coefficient (Wildman–Crippen LogP) is 4.81. The van der Waals surface area contributed by atoms with E-state index in [0.29, 0.717) is 39.7 Å². The minimum absolute atomic E-state index is 0.207. The zero-order valence-corrected chi connectivity index (χ0v) is 24.4. The van der Waals surface area contributed by atoms with Gasteiger partial charge in [-0.15, -0.1) is 0 Å². The van der Waals surface area contributed by atoms with Crippen molar-refractivity contribution in [2.75, 3.05) is 19.3 Å². The Morgan fingerprint density at radius 2 is 2.10 bits per heavy atom. The van der Waals surface area contributed by atoms with E-state index in [1.807, 2.05) is 13.0 Å². The van der Waals surface area contributed by atoms with E-state index in [1.54, 1.807) is 23.0 Å². The average Bonchev–Trinajstić information content (AvgIpc) is 3.51. The van der Waals surface area contributed by atoms with Crippen LogP contribution in [0.4, 0.5) is 0 Å². The molecule has 12 heteroatoms. The van der Waals surface area contributed by atoms with E-state index in [0.717, 1.165) is 49.1 Å². The largest absolute Gasteiger partial charge is 0.296 e. The van der Waals surface area contributed by atoms with Gasteiger partial charge in [-0.25, -0.2) is 27.8 Å². The lowest BCUT2D eigenvalue weighted by Gasteiger charge is -2.39. The minimum atomic E-state index is -3.22. The highest BCUT2D eigenvalue weighted by Gasteiger charge is 2.35. The van der Waals surface area contributed by atoms with Gasteiger partial charge in [-0.05, 0) is 68.3 Å². The van der Waals surface area contributed by atoms with Crippen LogP contribution in [0.1, 0.15) is 62.5 Å². The van der Waals surface area contributed by atoms with E-state index in [1.165, 1.54) is 6.26 Å². The Kier molecular flexibility index (Phi) is 8.00. The van der Waals surface area contributed by atoms with Crippen molar-refractivity contribution in [1.82, 2.24) is 29.4 Å². The van der Waals surface area contributed by atoms with Gasteiger partial charge in [-0.3, -0.25) is 4.90 Å². The van der Waals surface area contributed by atoms with E-state index < -0.39 is 10.0 Å². The smallest absolute Gasteiger partial charge is 0.208 e. The van der Waals surface area contributed by atoms with Crippen LogP contribution in [0, 0.1) is 17.2 Å². The Morgan fingerprint density at radius 3 is 2.79 bits per heavy atom. The molecule has 0 radical (unpaired) electrons. The number of hydrogen-bond acceptors (Lipinski definition) is 7. The van der Waals surface area contributed by atoms with Crippen LogP contribution in [0.3, 0.4) is 0 Å². The molecule has 1 aliphatic carbocycles. The molecule has 1 fully saturated rings. The molecule has 2 aromatic heterocycles. The summed E-state index contributed by atoms with van der Waals surface area (Å²) in [6.45, 7) is 5.61. The van der Waals surface area contributed by atoms with Gasteiger partial charge < -0.3 is 0 Å². The summed E-state index contributed by atoms with van der Waals surface area (Å²) in [6, 6.07) is 7.71. The summed E-state index contributed by atoms with van der Waals surface area (Å²) < 4.78 is 27.7. The van der Waals surface area contributed by atoms with Crippen molar-refractivity contribution in [1.29, 1.82) is 5.26 Å². The molecule has 0 amide bonds. The SMILES string of the molecule is CC(c1ccc(Cl)cc1Cl)n1nc(C#N)c2ncc(C3=CC[C@H](N4CCC[C@H]4CNS(C)(=O)=O)[C@H](C)C3)nc21. The third kappa shape index (κ3) is 5.83. The van der Waals surface area contributed by atoms with Gasteiger partial charge in [0.15, 0.2) is 11.3 Å². The lowest BCUT2D eigenvalue weighted by molar-refractivity contribution is 0.133. The van der Waals surface area contributed by atoms with Crippen molar-refractivity contribution < 1.29 is 8.42 Å². The molecule has 0 saturated carbocycles. The third-order valence-electron chi connectivity index (χ3n) is 7.85. The van der Waals surface area contributed by atoms with Crippen molar-refractivity contribution in [2.45, 2.75) is 57.7 Å². The van der Waals surface area contributed by atoms with Crippen molar-refractivity contribution in [3.8, 4) is 6.07 Å². The topological polar surface area (TPSA) is 117 Å². The highest BCUT2D eigenvalue weighted by molar-refractivity contribution is 7.88. The molecule has 1 saturated heterocycles. The van der Waals surface area contributed by atoms with Gasteiger partial charge in [0.25, 0.3) is 0 Å². The number of aromatic nitrogens is 4.